The van der Waals surface area contributed by atoms with Crippen molar-refractivity contribution >= 4 is 17.5 Å². The quantitative estimate of drug-likeness (QED) is 0.800. The monoisotopic (exact) mass is 224 g/mol. The summed E-state index contributed by atoms with van der Waals surface area (Å²) in [7, 11) is 0. The zero-order valence-electron chi connectivity index (χ0n) is 8.59. The summed E-state index contributed by atoms with van der Waals surface area (Å²) in [5, 5.41) is 3.31. The molecule has 0 atom stereocenters. The maximum atomic E-state index is 11.7. The third kappa shape index (κ3) is 2.69. The van der Waals surface area contributed by atoms with E-state index < -0.39 is 0 Å². The van der Waals surface area contributed by atoms with Crippen molar-refractivity contribution in [2.75, 3.05) is 0 Å². The number of nitrogens with one attached hydrogen (secondary N) is 1. The molecule has 4 heteroatoms. The van der Waals surface area contributed by atoms with E-state index >= 15 is 0 Å². The molecule has 1 aromatic rings. The number of nitrogens with zero attached hydrogens (tertiary/aromatic N) is 1. The smallest absolute Gasteiger partial charge is 0.251 e. The summed E-state index contributed by atoms with van der Waals surface area (Å²) >= 11 is 5.83. The van der Waals surface area contributed by atoms with Crippen molar-refractivity contribution in [3.63, 3.8) is 0 Å². The lowest BCUT2D eigenvalue weighted by Crippen LogP contribution is -2.25. The Kier molecular flexibility index (Phi) is 2.91. The van der Waals surface area contributed by atoms with Crippen molar-refractivity contribution in [2.24, 2.45) is 0 Å². The number of pyridine rings is 1. The normalized spacial score (nSPS) is 15.1. The fraction of sp³-hybridized carbons (Fsp3) is 0.455. The minimum absolute atomic E-state index is 0.0449. The Morgan fingerprint density at radius 1 is 1.60 bits per heavy atom. The Morgan fingerprint density at radius 2 is 2.33 bits per heavy atom. The van der Waals surface area contributed by atoms with Gasteiger partial charge in [-0.1, -0.05) is 18.5 Å². The first-order valence-electron chi connectivity index (χ1n) is 5.16. The summed E-state index contributed by atoms with van der Waals surface area (Å²) in [5.74, 6) is -0.0449. The number of halogens is 1. The molecule has 1 fully saturated rings. The van der Waals surface area contributed by atoms with Crippen molar-refractivity contribution in [1.82, 2.24) is 10.3 Å². The van der Waals surface area contributed by atoms with Gasteiger partial charge < -0.3 is 5.32 Å². The molecule has 1 saturated carbocycles. The van der Waals surface area contributed by atoms with Crippen LogP contribution in [0.5, 0.6) is 0 Å². The first kappa shape index (κ1) is 10.4. The molecular formula is C11H13ClN2O. The van der Waals surface area contributed by atoms with Gasteiger partial charge in [-0.05, 0) is 31.4 Å². The van der Waals surface area contributed by atoms with Crippen LogP contribution < -0.4 is 5.32 Å². The standard InChI is InChI=1S/C11H13ClN2O/c1-2-8-5-7(6-10(12)13-8)11(15)14-9-3-4-9/h5-6,9H,2-4H2,1H3,(H,14,15). The predicted molar refractivity (Wildman–Crippen MR) is 59.1 cm³/mol. The van der Waals surface area contributed by atoms with Gasteiger partial charge in [0.1, 0.15) is 5.15 Å². The van der Waals surface area contributed by atoms with Crippen LogP contribution >= 0.6 is 11.6 Å². The molecule has 1 aliphatic rings. The third-order valence-corrected chi connectivity index (χ3v) is 2.58. The van der Waals surface area contributed by atoms with Crippen LogP contribution in [0.1, 0.15) is 35.8 Å². The zero-order chi connectivity index (χ0) is 10.8. The van der Waals surface area contributed by atoms with Gasteiger partial charge >= 0.3 is 0 Å². The van der Waals surface area contributed by atoms with Crippen LogP contribution in [-0.2, 0) is 6.42 Å². The van der Waals surface area contributed by atoms with E-state index in [4.69, 9.17) is 11.6 Å². The number of hydrogen-bond donors (Lipinski definition) is 1. The summed E-state index contributed by atoms with van der Waals surface area (Å²) in [5.41, 5.74) is 1.46. The highest BCUT2D eigenvalue weighted by Crippen LogP contribution is 2.20. The lowest BCUT2D eigenvalue weighted by atomic mass is 10.2. The third-order valence-electron chi connectivity index (χ3n) is 2.38. The molecule has 1 heterocycles. The summed E-state index contributed by atoms with van der Waals surface area (Å²) in [6.07, 6.45) is 2.96. The summed E-state index contributed by atoms with van der Waals surface area (Å²) < 4.78 is 0. The molecule has 0 radical (unpaired) electrons. The molecule has 3 nitrogen and oxygen atoms in total. The van der Waals surface area contributed by atoms with Crippen LogP contribution in [0, 0.1) is 0 Å². The Labute approximate surface area is 93.8 Å². The number of hydrogen-bond acceptors (Lipinski definition) is 2. The summed E-state index contributed by atoms with van der Waals surface area (Å²) in [4.78, 5) is 15.8. The van der Waals surface area contributed by atoms with E-state index in [0.29, 0.717) is 16.8 Å². The minimum atomic E-state index is -0.0449. The lowest BCUT2D eigenvalue weighted by molar-refractivity contribution is 0.0951. The largest absolute Gasteiger partial charge is 0.349 e. The van der Waals surface area contributed by atoms with Gasteiger partial charge in [0.05, 0.1) is 0 Å². The second-order valence-corrected chi connectivity index (χ2v) is 4.16. The molecule has 1 aromatic heterocycles. The predicted octanol–water partition coefficient (Wildman–Crippen LogP) is 2.19. The van der Waals surface area contributed by atoms with E-state index in [1.165, 1.54) is 0 Å². The second-order valence-electron chi connectivity index (χ2n) is 3.77. The van der Waals surface area contributed by atoms with Crippen LogP contribution in [0.2, 0.25) is 5.15 Å². The number of rotatable bonds is 3. The lowest BCUT2D eigenvalue weighted by Gasteiger charge is -2.05. The van der Waals surface area contributed by atoms with E-state index in [2.05, 4.69) is 10.3 Å². The van der Waals surface area contributed by atoms with Crippen LogP contribution in [0.15, 0.2) is 12.1 Å². The number of amides is 1. The molecule has 2 rings (SSSR count). The molecule has 15 heavy (non-hydrogen) atoms. The molecule has 0 saturated heterocycles. The van der Waals surface area contributed by atoms with Gasteiger partial charge in [-0.15, -0.1) is 0 Å². The molecule has 0 aliphatic heterocycles. The van der Waals surface area contributed by atoms with Gasteiger partial charge in [-0.3, -0.25) is 4.79 Å². The number of aromatic nitrogens is 1. The van der Waals surface area contributed by atoms with E-state index in [0.717, 1.165) is 25.0 Å². The van der Waals surface area contributed by atoms with Crippen molar-refractivity contribution in [3.05, 3.63) is 28.5 Å². The summed E-state index contributed by atoms with van der Waals surface area (Å²) in [6, 6.07) is 3.77. The van der Waals surface area contributed by atoms with Crippen LogP contribution in [0.25, 0.3) is 0 Å². The molecule has 80 valence electrons. The van der Waals surface area contributed by atoms with Gasteiger partial charge in [-0.25, -0.2) is 4.98 Å². The number of carbonyl (C=O) groups excluding carboxylic acids is 1. The molecule has 0 unspecified atom stereocenters. The molecular weight excluding hydrogens is 212 g/mol. The number of aryl methyl sites for hydroxylation is 1. The zero-order valence-corrected chi connectivity index (χ0v) is 9.34. The molecule has 1 N–H and O–H groups in total. The highest BCUT2D eigenvalue weighted by atomic mass is 35.5. The van der Waals surface area contributed by atoms with Gasteiger partial charge in [0, 0.05) is 17.3 Å². The van der Waals surface area contributed by atoms with Gasteiger partial charge in [0.15, 0.2) is 0 Å². The molecule has 1 amide bonds. The Hall–Kier alpha value is -1.09. The number of carbonyl (C=O) groups is 1. The van der Waals surface area contributed by atoms with Gasteiger partial charge in [-0.2, -0.15) is 0 Å². The maximum absolute atomic E-state index is 11.7. The average molecular weight is 225 g/mol. The van der Waals surface area contributed by atoms with Crippen LogP contribution in [0.3, 0.4) is 0 Å². The molecule has 0 aromatic carbocycles. The summed E-state index contributed by atoms with van der Waals surface area (Å²) in [6.45, 7) is 1.99. The Morgan fingerprint density at radius 3 is 2.93 bits per heavy atom. The van der Waals surface area contributed by atoms with E-state index in [9.17, 15) is 4.79 Å². The highest BCUT2D eigenvalue weighted by molar-refractivity contribution is 6.29. The Balaban J connectivity index is 2.17. The fourth-order valence-corrected chi connectivity index (χ4v) is 1.59. The van der Waals surface area contributed by atoms with Crippen molar-refractivity contribution in [3.8, 4) is 0 Å². The van der Waals surface area contributed by atoms with Crippen LogP contribution in [0.4, 0.5) is 0 Å². The van der Waals surface area contributed by atoms with E-state index in [1.807, 2.05) is 6.92 Å². The first-order valence-corrected chi connectivity index (χ1v) is 5.54. The molecule has 1 aliphatic carbocycles. The molecule has 0 spiro atoms. The highest BCUT2D eigenvalue weighted by Gasteiger charge is 2.24. The molecule has 0 bridgehead atoms. The van der Waals surface area contributed by atoms with Crippen molar-refractivity contribution < 1.29 is 4.79 Å². The topological polar surface area (TPSA) is 42.0 Å². The first-order chi connectivity index (χ1) is 7.19. The van der Waals surface area contributed by atoms with Crippen molar-refractivity contribution in [2.45, 2.75) is 32.2 Å². The van der Waals surface area contributed by atoms with E-state index in [1.54, 1.807) is 12.1 Å². The fourth-order valence-electron chi connectivity index (χ4n) is 1.36. The minimum Gasteiger partial charge on any atom is -0.349 e. The SMILES string of the molecule is CCc1cc(C(=O)NC2CC2)cc(Cl)n1. The van der Waals surface area contributed by atoms with Gasteiger partial charge in [0.2, 0.25) is 0 Å². The second kappa shape index (κ2) is 4.19. The Bertz CT molecular complexity index is 388. The van der Waals surface area contributed by atoms with E-state index in [-0.39, 0.29) is 5.91 Å². The maximum Gasteiger partial charge on any atom is 0.251 e. The average Bonchev–Trinajstić information content (AvgIpc) is 3.00. The van der Waals surface area contributed by atoms with Crippen molar-refractivity contribution in [1.29, 1.82) is 0 Å². The van der Waals surface area contributed by atoms with Crippen LogP contribution in [-0.4, -0.2) is 16.9 Å². The van der Waals surface area contributed by atoms with Gasteiger partial charge in [0.25, 0.3) is 5.91 Å².